The first-order valence-corrected chi connectivity index (χ1v) is 8.60. The molecule has 0 aliphatic carbocycles. The number of primary amides is 1. The molecule has 0 spiro atoms. The van der Waals surface area contributed by atoms with Gasteiger partial charge in [-0.1, -0.05) is 23.7 Å². The molecular formula is C20H10ClF5N2O. The van der Waals surface area contributed by atoms with E-state index in [4.69, 9.17) is 17.3 Å². The van der Waals surface area contributed by atoms with Crippen LogP contribution in [-0.2, 0) is 6.54 Å². The number of nitrogens with two attached hydrogens (primary N) is 1. The lowest BCUT2D eigenvalue weighted by Crippen LogP contribution is -2.12. The van der Waals surface area contributed by atoms with Crippen LogP contribution in [0, 0.1) is 29.1 Å². The highest BCUT2D eigenvalue weighted by Crippen LogP contribution is 2.35. The van der Waals surface area contributed by atoms with Crippen LogP contribution in [0.5, 0.6) is 0 Å². The van der Waals surface area contributed by atoms with Crippen molar-refractivity contribution in [3.05, 3.63) is 81.6 Å². The summed E-state index contributed by atoms with van der Waals surface area (Å²) in [5.41, 5.74) is 5.23. The molecule has 3 aromatic carbocycles. The Labute approximate surface area is 165 Å². The van der Waals surface area contributed by atoms with E-state index in [1.807, 2.05) is 0 Å². The van der Waals surface area contributed by atoms with Gasteiger partial charge in [0.1, 0.15) is 0 Å². The minimum atomic E-state index is -2.23. The van der Waals surface area contributed by atoms with Gasteiger partial charge in [0.2, 0.25) is 11.7 Å². The van der Waals surface area contributed by atoms with Gasteiger partial charge in [-0.2, -0.15) is 0 Å². The fraction of sp³-hybridized carbons (Fsp3) is 0.0500. The molecule has 1 amide bonds. The van der Waals surface area contributed by atoms with Crippen molar-refractivity contribution >= 4 is 39.3 Å². The summed E-state index contributed by atoms with van der Waals surface area (Å²) in [7, 11) is 0. The fourth-order valence-corrected chi connectivity index (χ4v) is 3.61. The van der Waals surface area contributed by atoms with Crippen molar-refractivity contribution in [2.45, 2.75) is 6.54 Å². The van der Waals surface area contributed by atoms with Gasteiger partial charge in [0.15, 0.2) is 23.3 Å². The monoisotopic (exact) mass is 424 g/mol. The Balaban J connectivity index is 2.09. The summed E-state index contributed by atoms with van der Waals surface area (Å²) in [6.45, 7) is -0.686. The van der Waals surface area contributed by atoms with E-state index in [1.165, 1.54) is 22.8 Å². The number of aromatic nitrogens is 1. The SMILES string of the molecule is NC(=O)c1cccc2c1c1ccc(Cl)cc1n2Cc1c(F)c(F)c(F)c(F)c1F. The van der Waals surface area contributed by atoms with Gasteiger partial charge in [-0.15, -0.1) is 0 Å². The van der Waals surface area contributed by atoms with Crippen LogP contribution in [-0.4, -0.2) is 10.5 Å². The van der Waals surface area contributed by atoms with Crippen molar-refractivity contribution in [1.29, 1.82) is 0 Å². The van der Waals surface area contributed by atoms with Crippen molar-refractivity contribution < 1.29 is 26.7 Å². The molecule has 0 saturated carbocycles. The average molecular weight is 425 g/mol. The third kappa shape index (κ3) is 2.82. The number of amides is 1. The first-order valence-electron chi connectivity index (χ1n) is 8.23. The molecule has 1 heterocycles. The number of nitrogens with zero attached hydrogens (tertiary/aromatic N) is 1. The van der Waals surface area contributed by atoms with Gasteiger partial charge in [-0.3, -0.25) is 4.79 Å². The largest absolute Gasteiger partial charge is 0.366 e. The molecule has 0 fully saturated rings. The highest BCUT2D eigenvalue weighted by atomic mass is 35.5. The van der Waals surface area contributed by atoms with Gasteiger partial charge < -0.3 is 10.3 Å². The third-order valence-electron chi connectivity index (χ3n) is 4.74. The molecule has 0 bridgehead atoms. The second kappa shape index (κ2) is 6.73. The van der Waals surface area contributed by atoms with E-state index in [2.05, 4.69) is 0 Å². The first kappa shape index (κ1) is 19.2. The second-order valence-electron chi connectivity index (χ2n) is 6.36. The summed E-state index contributed by atoms with van der Waals surface area (Å²) < 4.78 is 70.5. The van der Waals surface area contributed by atoms with Gasteiger partial charge >= 0.3 is 0 Å². The number of hydrogen-bond donors (Lipinski definition) is 1. The van der Waals surface area contributed by atoms with Gasteiger partial charge in [0.25, 0.3) is 0 Å². The summed E-state index contributed by atoms with van der Waals surface area (Å²) in [6.07, 6.45) is 0. The normalized spacial score (nSPS) is 11.5. The quantitative estimate of drug-likeness (QED) is 0.271. The van der Waals surface area contributed by atoms with E-state index in [1.54, 1.807) is 18.2 Å². The van der Waals surface area contributed by atoms with Crippen LogP contribution in [0.2, 0.25) is 5.02 Å². The molecule has 0 saturated heterocycles. The third-order valence-corrected chi connectivity index (χ3v) is 4.97. The van der Waals surface area contributed by atoms with E-state index in [-0.39, 0.29) is 10.6 Å². The minimum absolute atomic E-state index is 0.144. The van der Waals surface area contributed by atoms with Gasteiger partial charge in [0, 0.05) is 26.9 Å². The summed E-state index contributed by atoms with van der Waals surface area (Å²) in [4.78, 5) is 11.9. The summed E-state index contributed by atoms with van der Waals surface area (Å²) >= 11 is 6.03. The van der Waals surface area contributed by atoms with E-state index in [0.717, 1.165) is 0 Å². The Morgan fingerprint density at radius 3 is 2.14 bits per heavy atom. The molecule has 0 radical (unpaired) electrons. The fourth-order valence-electron chi connectivity index (χ4n) is 3.44. The van der Waals surface area contributed by atoms with Crippen molar-refractivity contribution in [2.24, 2.45) is 5.73 Å². The van der Waals surface area contributed by atoms with Crippen molar-refractivity contribution in [3.8, 4) is 0 Å². The molecular weight excluding hydrogens is 415 g/mol. The number of carbonyl (C=O) groups excluding carboxylic acids is 1. The molecule has 0 aliphatic heterocycles. The first-order chi connectivity index (χ1) is 13.7. The van der Waals surface area contributed by atoms with Gasteiger partial charge in [-0.05, 0) is 24.3 Å². The topological polar surface area (TPSA) is 48.0 Å². The summed E-state index contributed by atoms with van der Waals surface area (Å²) in [5, 5.41) is 1.15. The van der Waals surface area contributed by atoms with Gasteiger partial charge in [0.05, 0.1) is 17.6 Å². The zero-order valence-corrected chi connectivity index (χ0v) is 15.1. The number of benzene rings is 3. The molecule has 0 atom stereocenters. The average Bonchev–Trinajstić information content (AvgIpc) is 3.00. The Bertz CT molecular complexity index is 1300. The molecule has 29 heavy (non-hydrogen) atoms. The molecule has 0 unspecified atom stereocenters. The van der Waals surface area contributed by atoms with Crippen LogP contribution in [0.25, 0.3) is 21.8 Å². The number of fused-ring (bicyclic) bond motifs is 3. The lowest BCUT2D eigenvalue weighted by Gasteiger charge is -2.12. The van der Waals surface area contributed by atoms with E-state index in [9.17, 15) is 26.7 Å². The molecule has 1 aromatic heterocycles. The standard InChI is InChI=1S/C20H10ClF5N2O/c21-8-4-5-9-13(6-8)28(12-3-1-2-10(14(9)12)20(27)29)7-11-15(22)17(24)19(26)18(25)16(11)23/h1-6H,7H2,(H2,27,29). The molecule has 2 N–H and O–H groups in total. The van der Waals surface area contributed by atoms with Crippen LogP contribution in [0.4, 0.5) is 22.0 Å². The van der Waals surface area contributed by atoms with E-state index >= 15 is 0 Å². The Morgan fingerprint density at radius 2 is 1.52 bits per heavy atom. The van der Waals surface area contributed by atoms with Crippen LogP contribution in [0.3, 0.4) is 0 Å². The number of carbonyl (C=O) groups is 1. The van der Waals surface area contributed by atoms with E-state index in [0.29, 0.717) is 21.8 Å². The molecule has 9 heteroatoms. The molecule has 0 aliphatic rings. The van der Waals surface area contributed by atoms with Gasteiger partial charge in [-0.25, -0.2) is 22.0 Å². The van der Waals surface area contributed by atoms with Crippen LogP contribution in [0.15, 0.2) is 36.4 Å². The molecule has 148 valence electrons. The predicted octanol–water partition coefficient (Wildman–Crippen LogP) is 5.29. The van der Waals surface area contributed by atoms with Crippen LogP contribution >= 0.6 is 11.6 Å². The second-order valence-corrected chi connectivity index (χ2v) is 6.80. The Kier molecular flexibility index (Phi) is 4.46. The number of rotatable bonds is 3. The zero-order chi connectivity index (χ0) is 21.0. The predicted molar refractivity (Wildman–Crippen MR) is 98.3 cm³/mol. The lowest BCUT2D eigenvalue weighted by molar-refractivity contribution is 0.100. The van der Waals surface area contributed by atoms with Crippen molar-refractivity contribution in [2.75, 3.05) is 0 Å². The molecule has 4 aromatic rings. The molecule has 3 nitrogen and oxygen atoms in total. The van der Waals surface area contributed by atoms with E-state index < -0.39 is 47.1 Å². The van der Waals surface area contributed by atoms with Crippen molar-refractivity contribution in [1.82, 2.24) is 4.57 Å². The summed E-state index contributed by atoms with van der Waals surface area (Å²) in [6, 6.07) is 9.11. The highest BCUT2D eigenvalue weighted by Gasteiger charge is 2.27. The number of halogens is 6. The van der Waals surface area contributed by atoms with Crippen LogP contribution < -0.4 is 5.73 Å². The molecule has 4 rings (SSSR count). The van der Waals surface area contributed by atoms with Crippen LogP contribution in [0.1, 0.15) is 15.9 Å². The lowest BCUT2D eigenvalue weighted by atomic mass is 10.1. The smallest absolute Gasteiger partial charge is 0.249 e. The Morgan fingerprint density at radius 1 is 0.897 bits per heavy atom. The number of hydrogen-bond acceptors (Lipinski definition) is 1. The van der Waals surface area contributed by atoms with Crippen molar-refractivity contribution in [3.63, 3.8) is 0 Å². The zero-order valence-electron chi connectivity index (χ0n) is 14.4. The maximum Gasteiger partial charge on any atom is 0.249 e. The summed E-state index contributed by atoms with van der Waals surface area (Å²) in [5.74, 6) is -10.9. The maximum atomic E-state index is 14.2. The Hall–Kier alpha value is -3.13. The minimum Gasteiger partial charge on any atom is -0.366 e. The maximum absolute atomic E-state index is 14.2. The highest BCUT2D eigenvalue weighted by molar-refractivity contribution is 6.32.